The van der Waals surface area contributed by atoms with Crippen molar-refractivity contribution >= 4 is 11.9 Å². The van der Waals surface area contributed by atoms with E-state index in [1.807, 2.05) is 0 Å². The van der Waals surface area contributed by atoms with Gasteiger partial charge in [-0.2, -0.15) is 0 Å². The number of imidazole rings is 1. The fourth-order valence-electron chi connectivity index (χ4n) is 2.08. The molecule has 2 heterocycles. The summed E-state index contributed by atoms with van der Waals surface area (Å²) in [6, 6.07) is -0.950. The van der Waals surface area contributed by atoms with Crippen molar-refractivity contribution in [3.8, 4) is 0 Å². The number of carboxylic acids is 1. The number of rotatable bonds is 6. The average molecular weight is 267 g/mol. The van der Waals surface area contributed by atoms with Gasteiger partial charge in [-0.1, -0.05) is 0 Å². The molecule has 0 aromatic carbocycles. The molecule has 1 aromatic rings. The second-order valence-corrected chi connectivity index (χ2v) is 4.58. The van der Waals surface area contributed by atoms with Crippen molar-refractivity contribution in [2.45, 2.75) is 37.8 Å². The molecule has 19 heavy (non-hydrogen) atoms. The highest BCUT2D eigenvalue weighted by atomic mass is 16.5. The molecule has 2 unspecified atom stereocenters. The molecular formula is C12H17N3O4. The van der Waals surface area contributed by atoms with Crippen molar-refractivity contribution in [2.24, 2.45) is 0 Å². The van der Waals surface area contributed by atoms with Crippen molar-refractivity contribution in [3.05, 3.63) is 18.2 Å². The van der Waals surface area contributed by atoms with Crippen LogP contribution >= 0.6 is 0 Å². The lowest BCUT2D eigenvalue weighted by molar-refractivity contribution is -0.142. The maximum atomic E-state index is 11.8. The molecule has 0 spiro atoms. The van der Waals surface area contributed by atoms with Crippen molar-refractivity contribution in [1.82, 2.24) is 15.3 Å². The molecule has 2 atom stereocenters. The van der Waals surface area contributed by atoms with Crippen LogP contribution in [0.25, 0.3) is 0 Å². The minimum Gasteiger partial charge on any atom is -0.480 e. The number of nitrogens with zero attached hydrogens (tertiary/aromatic N) is 1. The van der Waals surface area contributed by atoms with Gasteiger partial charge in [-0.15, -0.1) is 0 Å². The summed E-state index contributed by atoms with van der Waals surface area (Å²) in [5.74, 6) is -1.35. The third kappa shape index (κ3) is 4.06. The molecule has 2 rings (SSSR count). The molecule has 1 fully saturated rings. The molecule has 1 aromatic heterocycles. The van der Waals surface area contributed by atoms with Crippen LogP contribution < -0.4 is 5.32 Å². The molecule has 0 aliphatic carbocycles. The van der Waals surface area contributed by atoms with E-state index in [4.69, 9.17) is 9.84 Å². The maximum Gasteiger partial charge on any atom is 0.326 e. The van der Waals surface area contributed by atoms with Crippen LogP contribution in [0.5, 0.6) is 0 Å². The molecule has 1 saturated heterocycles. The summed E-state index contributed by atoms with van der Waals surface area (Å²) < 4.78 is 5.35. The molecule has 7 nitrogen and oxygen atoms in total. The number of ether oxygens (including phenoxy) is 1. The standard InChI is InChI=1S/C12H17N3O4/c16-11(5-9-2-1-3-19-9)15-10(12(17)18)4-8-6-13-7-14-8/h6-7,9-10H,1-5H2,(H,13,14)(H,15,16)(H,17,18). The van der Waals surface area contributed by atoms with Gasteiger partial charge in [0.2, 0.25) is 5.91 Å². The number of carbonyl (C=O) groups excluding carboxylic acids is 1. The highest BCUT2D eigenvalue weighted by Crippen LogP contribution is 2.15. The van der Waals surface area contributed by atoms with Crippen LogP contribution in [0.1, 0.15) is 25.0 Å². The Balaban J connectivity index is 1.85. The number of carbonyl (C=O) groups is 2. The van der Waals surface area contributed by atoms with Gasteiger partial charge in [0.05, 0.1) is 18.9 Å². The van der Waals surface area contributed by atoms with E-state index >= 15 is 0 Å². The number of amides is 1. The average Bonchev–Trinajstić information content (AvgIpc) is 3.00. The Morgan fingerprint density at radius 2 is 2.47 bits per heavy atom. The van der Waals surface area contributed by atoms with Gasteiger partial charge in [0.1, 0.15) is 6.04 Å². The van der Waals surface area contributed by atoms with Gasteiger partial charge in [-0.25, -0.2) is 9.78 Å². The Labute approximate surface area is 110 Å². The number of carboxylic acid groups (broad SMARTS) is 1. The Kier molecular flexibility index (Phi) is 4.51. The van der Waals surface area contributed by atoms with E-state index in [2.05, 4.69) is 15.3 Å². The normalized spacial score (nSPS) is 20.1. The summed E-state index contributed by atoms with van der Waals surface area (Å²) in [6.45, 7) is 0.675. The summed E-state index contributed by atoms with van der Waals surface area (Å²) in [7, 11) is 0. The molecule has 1 aliphatic rings. The van der Waals surface area contributed by atoms with Crippen LogP contribution in [0.4, 0.5) is 0 Å². The van der Waals surface area contributed by atoms with Crippen LogP contribution in [0.15, 0.2) is 12.5 Å². The van der Waals surface area contributed by atoms with Gasteiger partial charge in [0.25, 0.3) is 0 Å². The molecule has 0 saturated carbocycles. The Morgan fingerprint density at radius 1 is 1.63 bits per heavy atom. The van der Waals surface area contributed by atoms with Gasteiger partial charge in [0.15, 0.2) is 0 Å². The number of aromatic amines is 1. The van der Waals surface area contributed by atoms with E-state index in [1.165, 1.54) is 6.33 Å². The molecule has 1 amide bonds. The fraction of sp³-hybridized carbons (Fsp3) is 0.583. The molecule has 1 aliphatic heterocycles. The predicted octanol–water partition coefficient (Wildman–Crippen LogP) is 0.0907. The molecule has 0 radical (unpaired) electrons. The quantitative estimate of drug-likeness (QED) is 0.677. The topological polar surface area (TPSA) is 104 Å². The first-order chi connectivity index (χ1) is 9.15. The summed E-state index contributed by atoms with van der Waals surface area (Å²) >= 11 is 0. The highest BCUT2D eigenvalue weighted by molar-refractivity contribution is 5.83. The van der Waals surface area contributed by atoms with Gasteiger partial charge in [-0.05, 0) is 12.8 Å². The summed E-state index contributed by atoms with van der Waals surface area (Å²) in [6.07, 6.45) is 5.14. The largest absolute Gasteiger partial charge is 0.480 e. The Bertz CT molecular complexity index is 426. The van der Waals surface area contributed by atoms with Crippen LogP contribution in [0, 0.1) is 0 Å². The minimum absolute atomic E-state index is 0.0819. The number of aliphatic carboxylic acids is 1. The third-order valence-electron chi connectivity index (χ3n) is 3.05. The number of hydrogen-bond donors (Lipinski definition) is 3. The fourth-order valence-corrected chi connectivity index (χ4v) is 2.08. The second-order valence-electron chi connectivity index (χ2n) is 4.58. The summed E-state index contributed by atoms with van der Waals surface area (Å²) in [5, 5.41) is 11.6. The highest BCUT2D eigenvalue weighted by Gasteiger charge is 2.24. The number of H-pyrrole nitrogens is 1. The van der Waals surface area contributed by atoms with Crippen LogP contribution in [0.3, 0.4) is 0 Å². The van der Waals surface area contributed by atoms with Crippen molar-refractivity contribution in [2.75, 3.05) is 6.61 Å². The van der Waals surface area contributed by atoms with Crippen LogP contribution in [-0.4, -0.2) is 45.7 Å². The SMILES string of the molecule is O=C(CC1CCCO1)NC(Cc1cnc[nH]1)C(=O)O. The smallest absolute Gasteiger partial charge is 0.326 e. The molecular weight excluding hydrogens is 250 g/mol. The number of hydrogen-bond acceptors (Lipinski definition) is 4. The molecule has 7 heteroatoms. The lowest BCUT2D eigenvalue weighted by atomic mass is 10.1. The monoisotopic (exact) mass is 267 g/mol. The zero-order valence-electron chi connectivity index (χ0n) is 10.5. The number of aromatic nitrogens is 2. The van der Waals surface area contributed by atoms with Crippen molar-refractivity contribution < 1.29 is 19.4 Å². The predicted molar refractivity (Wildman–Crippen MR) is 65.4 cm³/mol. The Morgan fingerprint density at radius 3 is 3.05 bits per heavy atom. The zero-order valence-corrected chi connectivity index (χ0v) is 10.5. The van der Waals surface area contributed by atoms with E-state index in [-0.39, 0.29) is 24.9 Å². The minimum atomic E-state index is -1.06. The first-order valence-electron chi connectivity index (χ1n) is 6.26. The third-order valence-corrected chi connectivity index (χ3v) is 3.05. The molecule has 104 valence electrons. The molecule has 3 N–H and O–H groups in total. The first kappa shape index (κ1) is 13.5. The van der Waals surface area contributed by atoms with Gasteiger partial charge >= 0.3 is 5.97 Å². The summed E-state index contributed by atoms with van der Waals surface area (Å²) in [4.78, 5) is 29.5. The Hall–Kier alpha value is -1.89. The summed E-state index contributed by atoms with van der Waals surface area (Å²) in [5.41, 5.74) is 0.671. The van der Waals surface area contributed by atoms with Gasteiger partial charge in [-0.3, -0.25) is 4.79 Å². The van der Waals surface area contributed by atoms with E-state index in [1.54, 1.807) is 6.20 Å². The van der Waals surface area contributed by atoms with Gasteiger partial charge in [0, 0.05) is 24.9 Å². The lowest BCUT2D eigenvalue weighted by Crippen LogP contribution is -2.43. The maximum absolute atomic E-state index is 11.8. The van der Waals surface area contributed by atoms with Crippen LogP contribution in [0.2, 0.25) is 0 Å². The van der Waals surface area contributed by atoms with E-state index < -0.39 is 12.0 Å². The van der Waals surface area contributed by atoms with E-state index in [9.17, 15) is 9.59 Å². The lowest BCUT2D eigenvalue weighted by Gasteiger charge is -2.15. The van der Waals surface area contributed by atoms with E-state index in [0.29, 0.717) is 12.3 Å². The molecule has 0 bridgehead atoms. The van der Waals surface area contributed by atoms with Crippen molar-refractivity contribution in [3.63, 3.8) is 0 Å². The van der Waals surface area contributed by atoms with Crippen LogP contribution in [-0.2, 0) is 20.7 Å². The number of nitrogens with one attached hydrogen (secondary N) is 2. The first-order valence-corrected chi connectivity index (χ1v) is 6.26. The second kappa shape index (κ2) is 6.33. The van der Waals surface area contributed by atoms with Crippen molar-refractivity contribution in [1.29, 1.82) is 0 Å². The van der Waals surface area contributed by atoms with Gasteiger partial charge < -0.3 is 20.1 Å². The van der Waals surface area contributed by atoms with E-state index in [0.717, 1.165) is 12.8 Å². The zero-order chi connectivity index (χ0) is 13.7.